The van der Waals surface area contributed by atoms with E-state index in [9.17, 15) is 18.0 Å². The number of esters is 1. The minimum Gasteiger partial charge on any atom is -0.493 e. The summed E-state index contributed by atoms with van der Waals surface area (Å²) in [5, 5.41) is 4.03. The lowest BCUT2D eigenvalue weighted by Gasteiger charge is -2.19. The second-order valence-electron chi connectivity index (χ2n) is 11.7. The Balaban J connectivity index is 1.23. The van der Waals surface area contributed by atoms with Crippen LogP contribution in [0.1, 0.15) is 84.6 Å². The van der Waals surface area contributed by atoms with E-state index >= 15 is 0 Å². The van der Waals surface area contributed by atoms with Crippen LogP contribution in [0.4, 0.5) is 13.2 Å². The summed E-state index contributed by atoms with van der Waals surface area (Å²) in [6.07, 6.45) is -1.22. The second kappa shape index (κ2) is 11.5. The normalized spacial score (nSPS) is 17.6. The number of carbonyl (C=O) groups is 1. The molecule has 3 aromatic carbocycles. The molecule has 0 radical (unpaired) electrons. The van der Waals surface area contributed by atoms with Gasteiger partial charge in [-0.15, -0.1) is 0 Å². The lowest BCUT2D eigenvalue weighted by Crippen LogP contribution is -2.09. The van der Waals surface area contributed by atoms with E-state index in [1.165, 1.54) is 13.2 Å². The smallest absolute Gasteiger partial charge is 0.417 e. The van der Waals surface area contributed by atoms with Gasteiger partial charge in [0.25, 0.3) is 0 Å². The Bertz CT molecular complexity index is 1640. The van der Waals surface area contributed by atoms with Crippen molar-refractivity contribution in [1.29, 1.82) is 0 Å². The summed E-state index contributed by atoms with van der Waals surface area (Å²) < 4.78 is 58.7. The summed E-state index contributed by atoms with van der Waals surface area (Å²) in [6, 6.07) is 15.9. The fourth-order valence-corrected chi connectivity index (χ4v) is 6.30. The number of hydrogen-bond donors (Lipinski definition) is 0. The summed E-state index contributed by atoms with van der Waals surface area (Å²) >= 11 is 0. The Morgan fingerprint density at radius 2 is 1.77 bits per heavy atom. The zero-order chi connectivity index (χ0) is 30.3. The van der Waals surface area contributed by atoms with Gasteiger partial charge in [0.1, 0.15) is 5.75 Å². The van der Waals surface area contributed by atoms with Crippen LogP contribution in [0, 0.1) is 0 Å². The average molecular weight is 591 g/mol. The number of benzene rings is 3. The molecule has 2 aliphatic rings. The molecule has 1 aromatic heterocycles. The molecule has 0 saturated heterocycles. The minimum atomic E-state index is -4.48. The predicted octanol–water partition coefficient (Wildman–Crippen LogP) is 8.25. The molecule has 0 saturated carbocycles. The van der Waals surface area contributed by atoms with E-state index in [0.29, 0.717) is 35.9 Å². The van der Waals surface area contributed by atoms with Crippen LogP contribution in [0.3, 0.4) is 0 Å². The van der Waals surface area contributed by atoms with Gasteiger partial charge in [-0.2, -0.15) is 18.2 Å². The maximum Gasteiger partial charge on any atom is 0.417 e. The molecule has 0 amide bonds. The summed E-state index contributed by atoms with van der Waals surface area (Å²) in [4.78, 5) is 16.1. The quantitative estimate of drug-likeness (QED) is 0.192. The number of carbonyl (C=O) groups excluding carboxylic acids is 1. The first-order chi connectivity index (χ1) is 20.6. The molecule has 1 aliphatic heterocycles. The number of rotatable bonds is 8. The van der Waals surface area contributed by atoms with Gasteiger partial charge < -0.3 is 14.0 Å². The molecule has 0 N–H and O–H groups in total. The van der Waals surface area contributed by atoms with Crippen molar-refractivity contribution in [2.45, 2.75) is 69.9 Å². The first-order valence-corrected chi connectivity index (χ1v) is 14.6. The third-order valence-corrected chi connectivity index (χ3v) is 8.58. The maximum atomic E-state index is 14.2. The molecule has 0 bridgehead atoms. The first-order valence-electron chi connectivity index (χ1n) is 14.6. The number of alkyl halides is 3. The van der Waals surface area contributed by atoms with E-state index in [1.54, 1.807) is 30.3 Å². The summed E-state index contributed by atoms with van der Waals surface area (Å²) in [5.74, 6) is 1.68. The van der Waals surface area contributed by atoms with Crippen molar-refractivity contribution in [3.8, 4) is 28.3 Å². The van der Waals surface area contributed by atoms with Gasteiger partial charge in [0.05, 0.1) is 25.7 Å². The first kappa shape index (κ1) is 29.0. The van der Waals surface area contributed by atoms with Crippen LogP contribution in [-0.2, 0) is 28.5 Å². The Kier molecular flexibility index (Phi) is 7.75. The zero-order valence-electron chi connectivity index (χ0n) is 24.3. The number of nitrogens with zero attached hydrogens (tertiary/aromatic N) is 2. The molecule has 4 aromatic rings. The van der Waals surface area contributed by atoms with Crippen LogP contribution in [-0.4, -0.2) is 29.8 Å². The molecule has 2 heterocycles. The molecule has 1 aliphatic carbocycles. The van der Waals surface area contributed by atoms with Crippen molar-refractivity contribution in [1.82, 2.24) is 10.1 Å². The molecular formula is C34H33F3N2O4. The number of fused-ring (bicyclic) bond motifs is 2. The number of methoxy groups -OCH3 is 1. The van der Waals surface area contributed by atoms with Crippen molar-refractivity contribution < 1.29 is 32.0 Å². The third-order valence-electron chi connectivity index (χ3n) is 8.58. The van der Waals surface area contributed by atoms with E-state index in [4.69, 9.17) is 14.0 Å². The molecule has 2 atom stereocenters. The van der Waals surface area contributed by atoms with E-state index in [-0.39, 0.29) is 35.7 Å². The number of aromatic nitrogens is 2. The van der Waals surface area contributed by atoms with Crippen LogP contribution in [0.5, 0.6) is 5.75 Å². The van der Waals surface area contributed by atoms with Crippen LogP contribution in [0.2, 0.25) is 0 Å². The topological polar surface area (TPSA) is 74.5 Å². The van der Waals surface area contributed by atoms with Gasteiger partial charge in [0, 0.05) is 23.0 Å². The Labute approximate surface area is 248 Å². The summed E-state index contributed by atoms with van der Waals surface area (Å²) in [5.41, 5.74) is 4.74. The minimum absolute atomic E-state index is 0.0155. The van der Waals surface area contributed by atoms with Crippen LogP contribution >= 0.6 is 0 Å². The average Bonchev–Trinajstić information content (AvgIpc) is 3.74. The summed E-state index contributed by atoms with van der Waals surface area (Å²) in [6.45, 7) is 4.35. The highest BCUT2D eigenvalue weighted by atomic mass is 19.4. The van der Waals surface area contributed by atoms with Crippen LogP contribution < -0.4 is 4.74 Å². The fourth-order valence-electron chi connectivity index (χ4n) is 6.30. The largest absolute Gasteiger partial charge is 0.493 e. The van der Waals surface area contributed by atoms with E-state index in [0.717, 1.165) is 47.3 Å². The van der Waals surface area contributed by atoms with Crippen molar-refractivity contribution in [3.63, 3.8) is 0 Å². The maximum absolute atomic E-state index is 14.2. The van der Waals surface area contributed by atoms with Crippen molar-refractivity contribution >= 4 is 5.97 Å². The van der Waals surface area contributed by atoms with Gasteiger partial charge in [-0.3, -0.25) is 4.79 Å². The molecule has 0 fully saturated rings. The standard InChI is InChI=1S/C34H33F3N2O4/c1-19(2)33-38-32(39-43-33)23-9-7-22(8-10-23)31-27-13-11-21(25(27)14-15-28(31)34(35,36)37)6-4-20-5-12-26-24(17-30(40)41-3)18-42-29(26)16-20/h5,7-10,12,14-16,19,21,24H,4,6,11,13,17-18H2,1-3H3/t21-,24-/m1/s1. The number of hydrogen-bond acceptors (Lipinski definition) is 6. The van der Waals surface area contributed by atoms with E-state index in [1.807, 2.05) is 26.0 Å². The highest BCUT2D eigenvalue weighted by Gasteiger charge is 2.37. The molecule has 224 valence electrons. The van der Waals surface area contributed by atoms with Crippen molar-refractivity contribution in [2.24, 2.45) is 0 Å². The van der Waals surface area contributed by atoms with Crippen LogP contribution in [0.25, 0.3) is 22.5 Å². The van der Waals surface area contributed by atoms with E-state index < -0.39 is 11.7 Å². The van der Waals surface area contributed by atoms with Gasteiger partial charge in [-0.1, -0.05) is 61.5 Å². The molecule has 0 spiro atoms. The van der Waals surface area contributed by atoms with Crippen molar-refractivity contribution in [3.05, 3.63) is 88.3 Å². The van der Waals surface area contributed by atoms with Gasteiger partial charge >= 0.3 is 12.1 Å². The fraction of sp³-hybridized carbons (Fsp3) is 0.382. The second-order valence-corrected chi connectivity index (χ2v) is 11.7. The number of ether oxygens (including phenoxy) is 2. The summed E-state index contributed by atoms with van der Waals surface area (Å²) in [7, 11) is 1.38. The molecule has 6 nitrogen and oxygen atoms in total. The Morgan fingerprint density at radius 3 is 2.47 bits per heavy atom. The van der Waals surface area contributed by atoms with E-state index in [2.05, 4.69) is 16.2 Å². The van der Waals surface area contributed by atoms with Gasteiger partial charge in [-0.25, -0.2) is 0 Å². The lowest BCUT2D eigenvalue weighted by atomic mass is 9.88. The number of aryl methyl sites for hydroxylation is 1. The third kappa shape index (κ3) is 5.77. The lowest BCUT2D eigenvalue weighted by molar-refractivity contribution is -0.141. The number of halogens is 3. The molecule has 43 heavy (non-hydrogen) atoms. The molecule has 6 rings (SSSR count). The zero-order valence-corrected chi connectivity index (χ0v) is 24.3. The predicted molar refractivity (Wildman–Crippen MR) is 155 cm³/mol. The monoisotopic (exact) mass is 590 g/mol. The Hall–Kier alpha value is -4.14. The van der Waals surface area contributed by atoms with Crippen LogP contribution in [0.15, 0.2) is 59.1 Å². The molecule has 9 heteroatoms. The molecular weight excluding hydrogens is 557 g/mol. The molecule has 0 unspecified atom stereocenters. The van der Waals surface area contributed by atoms with Crippen molar-refractivity contribution in [2.75, 3.05) is 13.7 Å². The highest BCUT2D eigenvalue weighted by molar-refractivity contribution is 5.76. The van der Waals surface area contributed by atoms with Gasteiger partial charge in [0.2, 0.25) is 11.7 Å². The Morgan fingerprint density at radius 1 is 1.02 bits per heavy atom. The SMILES string of the molecule is COC(=O)C[C@@H]1COc2cc(CC[C@@H]3CCc4c3ccc(C(F)(F)F)c4-c3ccc(-c4noc(C(C)C)n4)cc3)ccc21. The highest BCUT2D eigenvalue weighted by Crippen LogP contribution is 2.47. The van der Waals surface area contributed by atoms with Gasteiger partial charge in [-0.05, 0) is 71.6 Å². The van der Waals surface area contributed by atoms with Gasteiger partial charge in [0.15, 0.2) is 0 Å².